The molecule has 4 aromatic rings. The van der Waals surface area contributed by atoms with Gasteiger partial charge in [0.25, 0.3) is 0 Å². The number of rotatable bonds is 6. The third kappa shape index (κ3) is 3.51. The van der Waals surface area contributed by atoms with E-state index in [4.69, 9.17) is 5.10 Å². The molecule has 0 radical (unpaired) electrons. The van der Waals surface area contributed by atoms with Gasteiger partial charge in [-0.1, -0.05) is 0 Å². The van der Waals surface area contributed by atoms with Crippen LogP contribution in [0.3, 0.4) is 0 Å². The Labute approximate surface area is 186 Å². The zero-order chi connectivity index (χ0) is 21.7. The van der Waals surface area contributed by atoms with Gasteiger partial charge in [0, 0.05) is 36.0 Å². The predicted molar refractivity (Wildman–Crippen MR) is 119 cm³/mol. The fourth-order valence-electron chi connectivity index (χ4n) is 4.68. The second-order valence-electron chi connectivity index (χ2n) is 8.98. The van der Waals surface area contributed by atoms with Crippen LogP contribution in [0.2, 0.25) is 0 Å². The summed E-state index contributed by atoms with van der Waals surface area (Å²) in [5.41, 5.74) is 7.68. The molecule has 0 spiro atoms. The van der Waals surface area contributed by atoms with Crippen molar-refractivity contribution in [2.24, 2.45) is 5.92 Å². The predicted octanol–water partition coefficient (Wildman–Crippen LogP) is 4.46. The van der Waals surface area contributed by atoms with E-state index in [1.165, 1.54) is 42.7 Å². The molecule has 0 unspecified atom stereocenters. The van der Waals surface area contributed by atoms with Gasteiger partial charge in [-0.15, -0.1) is 0 Å². The van der Waals surface area contributed by atoms with Crippen LogP contribution in [0.4, 0.5) is 4.39 Å². The molecule has 0 aliphatic heterocycles. The molecule has 2 aliphatic carbocycles. The van der Waals surface area contributed by atoms with Crippen molar-refractivity contribution in [3.05, 3.63) is 76.9 Å². The monoisotopic (exact) mass is 428 g/mol. The van der Waals surface area contributed by atoms with Crippen molar-refractivity contribution >= 4 is 0 Å². The first kappa shape index (κ1) is 19.3. The number of benzene rings is 1. The lowest BCUT2D eigenvalue weighted by Crippen LogP contribution is -2.10. The maximum Gasteiger partial charge on any atom is 0.157 e. The number of aryl methyl sites for hydroxylation is 1. The third-order valence-corrected chi connectivity index (χ3v) is 6.66. The normalized spacial score (nSPS) is 15.3. The van der Waals surface area contributed by atoms with Crippen LogP contribution < -0.4 is 0 Å². The van der Waals surface area contributed by atoms with Gasteiger partial charge in [0.2, 0.25) is 0 Å². The van der Waals surface area contributed by atoms with Crippen LogP contribution in [0.25, 0.3) is 17.1 Å². The molecule has 2 aliphatic rings. The van der Waals surface area contributed by atoms with E-state index in [0.717, 1.165) is 53.4 Å². The van der Waals surface area contributed by atoms with Gasteiger partial charge in [0.05, 0.1) is 17.6 Å². The van der Waals surface area contributed by atoms with Crippen molar-refractivity contribution in [1.82, 2.24) is 29.5 Å². The highest BCUT2D eigenvalue weighted by molar-refractivity contribution is 5.64. The van der Waals surface area contributed by atoms with E-state index in [9.17, 15) is 4.39 Å². The summed E-state index contributed by atoms with van der Waals surface area (Å²) in [6, 6.07) is 8.63. The van der Waals surface area contributed by atoms with Crippen molar-refractivity contribution < 1.29 is 4.39 Å². The molecule has 1 aromatic carbocycles. The Kier molecular flexibility index (Phi) is 4.63. The first-order chi connectivity index (χ1) is 15.7. The number of hydrogen-bond donors (Lipinski definition) is 0. The molecule has 0 atom stereocenters. The van der Waals surface area contributed by atoms with Gasteiger partial charge >= 0.3 is 0 Å². The highest BCUT2D eigenvalue weighted by Gasteiger charge is 2.26. The minimum absolute atomic E-state index is 0.234. The molecular weight excluding hydrogens is 403 g/mol. The molecule has 3 heterocycles. The van der Waals surface area contributed by atoms with Gasteiger partial charge in [-0.25, -0.2) is 19.0 Å². The van der Waals surface area contributed by atoms with E-state index in [1.54, 1.807) is 18.5 Å². The molecule has 162 valence electrons. The lowest BCUT2D eigenvalue weighted by molar-refractivity contribution is 0.543. The molecule has 0 amide bonds. The van der Waals surface area contributed by atoms with E-state index in [1.807, 2.05) is 16.9 Å². The van der Waals surface area contributed by atoms with Crippen LogP contribution in [0.15, 0.2) is 42.9 Å². The minimum atomic E-state index is -0.234. The van der Waals surface area contributed by atoms with E-state index < -0.39 is 0 Å². The Morgan fingerprint density at radius 3 is 2.75 bits per heavy atom. The molecule has 3 aromatic heterocycles. The second kappa shape index (κ2) is 7.65. The summed E-state index contributed by atoms with van der Waals surface area (Å²) in [5.74, 6) is 1.28. The molecule has 7 heteroatoms. The number of aromatic nitrogens is 6. The molecule has 0 bridgehead atoms. The smallest absolute Gasteiger partial charge is 0.157 e. The van der Waals surface area contributed by atoms with Gasteiger partial charge in [-0.2, -0.15) is 10.2 Å². The maximum absolute atomic E-state index is 13.4. The van der Waals surface area contributed by atoms with Crippen LogP contribution in [0.5, 0.6) is 0 Å². The summed E-state index contributed by atoms with van der Waals surface area (Å²) in [4.78, 5) is 9.06. The first-order valence-corrected chi connectivity index (χ1v) is 11.3. The Morgan fingerprint density at radius 1 is 1.09 bits per heavy atom. The largest absolute Gasteiger partial charge is 0.268 e. The molecule has 1 saturated carbocycles. The van der Waals surface area contributed by atoms with Crippen molar-refractivity contribution in [1.29, 1.82) is 0 Å². The van der Waals surface area contributed by atoms with E-state index in [0.29, 0.717) is 12.3 Å². The van der Waals surface area contributed by atoms with Crippen LogP contribution in [-0.4, -0.2) is 29.5 Å². The van der Waals surface area contributed by atoms with Gasteiger partial charge in [-0.05, 0) is 80.3 Å². The molecule has 0 saturated heterocycles. The third-order valence-electron chi connectivity index (χ3n) is 6.66. The van der Waals surface area contributed by atoms with Crippen molar-refractivity contribution in [3.63, 3.8) is 0 Å². The quantitative estimate of drug-likeness (QED) is 0.455. The molecular formula is C25H25FN6. The Bertz CT molecular complexity index is 1280. The summed E-state index contributed by atoms with van der Waals surface area (Å²) in [6.07, 6.45) is 10.1. The van der Waals surface area contributed by atoms with Crippen molar-refractivity contribution in [2.45, 2.75) is 52.0 Å². The topological polar surface area (TPSA) is 61.4 Å². The summed E-state index contributed by atoms with van der Waals surface area (Å²) in [6.45, 7) is 3.02. The average Bonchev–Trinajstić information content (AvgIpc) is 3.21. The fraction of sp³-hybridized carbons (Fsp3) is 0.360. The van der Waals surface area contributed by atoms with Crippen molar-refractivity contribution in [2.75, 3.05) is 0 Å². The minimum Gasteiger partial charge on any atom is -0.268 e. The summed E-state index contributed by atoms with van der Waals surface area (Å²) in [5, 5.41) is 9.51. The molecule has 6 rings (SSSR count). The first-order valence-electron chi connectivity index (χ1n) is 11.3. The molecule has 32 heavy (non-hydrogen) atoms. The van der Waals surface area contributed by atoms with Crippen molar-refractivity contribution in [3.8, 4) is 17.1 Å². The number of nitrogens with zero attached hydrogens (tertiary/aromatic N) is 6. The molecule has 0 N–H and O–H groups in total. The lowest BCUT2D eigenvalue weighted by Gasteiger charge is -2.09. The summed E-state index contributed by atoms with van der Waals surface area (Å²) in [7, 11) is 0. The van der Waals surface area contributed by atoms with Crippen LogP contribution in [0.1, 0.15) is 47.5 Å². The Balaban J connectivity index is 1.36. The lowest BCUT2D eigenvalue weighted by atomic mass is 10.0. The van der Waals surface area contributed by atoms with Gasteiger partial charge in [0.1, 0.15) is 12.1 Å². The molecule has 6 nitrogen and oxygen atoms in total. The second-order valence-corrected chi connectivity index (χ2v) is 8.98. The highest BCUT2D eigenvalue weighted by atomic mass is 19.1. The Morgan fingerprint density at radius 2 is 1.94 bits per heavy atom. The SMILES string of the molecule is Cc1c(-c2ccc(F)cc2)nn(CC2CC2)c1Cc1cc(-n2ncc3c2CCC3)ncn1. The average molecular weight is 429 g/mol. The van der Waals surface area contributed by atoms with Gasteiger partial charge in [-0.3, -0.25) is 4.68 Å². The number of fused-ring (bicyclic) bond motifs is 1. The fourth-order valence-corrected chi connectivity index (χ4v) is 4.68. The number of hydrogen-bond acceptors (Lipinski definition) is 4. The standard InChI is InChI=1S/C25H25FN6/c1-16-23(31(14-17-5-6-17)30-25(16)18-7-9-20(26)10-8-18)11-21-12-24(28-15-27-21)32-22-4-2-3-19(22)13-29-32/h7-10,12-13,15,17H,2-6,11,14H2,1H3. The van der Waals surface area contributed by atoms with Crippen LogP contribution >= 0.6 is 0 Å². The number of halogens is 1. The van der Waals surface area contributed by atoms with Crippen LogP contribution in [0, 0.1) is 18.7 Å². The van der Waals surface area contributed by atoms with Gasteiger partial charge < -0.3 is 0 Å². The zero-order valence-corrected chi connectivity index (χ0v) is 18.1. The summed E-state index contributed by atoms with van der Waals surface area (Å²) < 4.78 is 17.5. The van der Waals surface area contributed by atoms with Gasteiger partial charge in [0.15, 0.2) is 5.82 Å². The maximum atomic E-state index is 13.4. The zero-order valence-electron chi connectivity index (χ0n) is 18.1. The highest BCUT2D eigenvalue weighted by Crippen LogP contribution is 2.33. The molecule has 1 fully saturated rings. The summed E-state index contributed by atoms with van der Waals surface area (Å²) >= 11 is 0. The van der Waals surface area contributed by atoms with E-state index in [-0.39, 0.29) is 5.82 Å². The Hall–Kier alpha value is -3.35. The van der Waals surface area contributed by atoms with E-state index >= 15 is 0 Å². The van der Waals surface area contributed by atoms with Crippen LogP contribution in [-0.2, 0) is 25.8 Å². The van der Waals surface area contributed by atoms with E-state index in [2.05, 4.69) is 26.7 Å².